The van der Waals surface area contributed by atoms with E-state index in [1.165, 1.54) is 6.20 Å². The van der Waals surface area contributed by atoms with Crippen molar-refractivity contribution in [2.24, 2.45) is 0 Å². The molecule has 0 radical (unpaired) electrons. The minimum atomic E-state index is -0.316. The maximum atomic E-state index is 12.3. The molecule has 0 aromatic carbocycles. The third-order valence-electron chi connectivity index (χ3n) is 3.22. The molecule has 1 N–H and O–H groups in total. The summed E-state index contributed by atoms with van der Waals surface area (Å²) in [6.45, 7) is 2.73. The summed E-state index contributed by atoms with van der Waals surface area (Å²) in [6.07, 6.45) is 8.75. The molecule has 1 atom stereocenters. The van der Waals surface area contributed by atoms with Crippen molar-refractivity contribution in [1.82, 2.24) is 9.88 Å². The summed E-state index contributed by atoms with van der Waals surface area (Å²) in [5, 5.41) is 0. The molecule has 0 bridgehead atoms. The van der Waals surface area contributed by atoms with Crippen molar-refractivity contribution in [2.45, 2.75) is 32.2 Å². The first-order valence-corrected chi connectivity index (χ1v) is 6.39. The van der Waals surface area contributed by atoms with Gasteiger partial charge in [-0.3, -0.25) is 9.59 Å². The first kappa shape index (κ1) is 12.6. The second-order valence-corrected chi connectivity index (χ2v) is 4.51. The third-order valence-corrected chi connectivity index (χ3v) is 3.22. The average molecular weight is 246 g/mol. The molecule has 1 aliphatic heterocycles. The normalized spacial score (nSPS) is 18.3. The molecule has 96 valence electrons. The van der Waals surface area contributed by atoms with E-state index in [1.54, 1.807) is 17.0 Å². The Balaban J connectivity index is 2.14. The molecule has 1 aromatic heterocycles. The number of hydrogen-bond acceptors (Lipinski definition) is 2. The molecule has 1 amide bonds. The highest BCUT2D eigenvalue weighted by Crippen LogP contribution is 2.17. The lowest BCUT2D eigenvalue weighted by Gasteiger charge is -2.24. The van der Waals surface area contributed by atoms with Gasteiger partial charge >= 0.3 is 0 Å². The van der Waals surface area contributed by atoms with Crippen molar-refractivity contribution in [1.29, 1.82) is 0 Å². The number of amides is 1. The molecule has 0 saturated carbocycles. The van der Waals surface area contributed by atoms with Crippen LogP contribution in [-0.2, 0) is 0 Å². The lowest BCUT2D eigenvalue weighted by Crippen LogP contribution is -2.38. The van der Waals surface area contributed by atoms with Crippen molar-refractivity contribution in [3.63, 3.8) is 0 Å². The molecule has 1 aliphatic rings. The molecule has 1 aromatic rings. The van der Waals surface area contributed by atoms with Gasteiger partial charge in [0.15, 0.2) is 0 Å². The number of unbranched alkanes of at least 4 members (excludes halogenated alkanes) is 1. The van der Waals surface area contributed by atoms with Crippen LogP contribution in [0.3, 0.4) is 0 Å². The maximum Gasteiger partial charge on any atom is 0.260 e. The van der Waals surface area contributed by atoms with E-state index in [9.17, 15) is 9.59 Å². The highest BCUT2D eigenvalue weighted by atomic mass is 16.2. The van der Waals surface area contributed by atoms with Crippen molar-refractivity contribution in [3.8, 4) is 0 Å². The van der Waals surface area contributed by atoms with Crippen LogP contribution in [0.15, 0.2) is 35.3 Å². The quantitative estimate of drug-likeness (QED) is 0.825. The van der Waals surface area contributed by atoms with Gasteiger partial charge in [0.05, 0.1) is 6.04 Å². The molecule has 0 aliphatic carbocycles. The van der Waals surface area contributed by atoms with Crippen LogP contribution >= 0.6 is 0 Å². The zero-order chi connectivity index (χ0) is 13.0. The number of nitrogens with zero attached hydrogens (tertiary/aromatic N) is 1. The summed E-state index contributed by atoms with van der Waals surface area (Å²) in [5.41, 5.74) is -0.0914. The molecule has 2 heterocycles. The van der Waals surface area contributed by atoms with Crippen LogP contribution in [0.1, 0.15) is 36.5 Å². The molecule has 0 saturated heterocycles. The largest absolute Gasteiger partial charge is 0.328 e. The van der Waals surface area contributed by atoms with Gasteiger partial charge in [0.1, 0.15) is 5.56 Å². The van der Waals surface area contributed by atoms with Crippen molar-refractivity contribution < 1.29 is 4.79 Å². The van der Waals surface area contributed by atoms with E-state index in [4.69, 9.17) is 0 Å². The third kappa shape index (κ3) is 2.53. The van der Waals surface area contributed by atoms with Crippen molar-refractivity contribution >= 4 is 5.91 Å². The second-order valence-electron chi connectivity index (χ2n) is 4.51. The number of carbonyl (C=O) groups is 1. The molecule has 2 rings (SSSR count). The summed E-state index contributed by atoms with van der Waals surface area (Å²) in [4.78, 5) is 28.2. The number of aromatic amines is 1. The molecule has 0 fully saturated rings. The Morgan fingerprint density at radius 1 is 1.56 bits per heavy atom. The van der Waals surface area contributed by atoms with Gasteiger partial charge in [0.2, 0.25) is 0 Å². The Morgan fingerprint density at radius 2 is 2.39 bits per heavy atom. The number of rotatable bonds is 4. The van der Waals surface area contributed by atoms with Crippen LogP contribution < -0.4 is 5.56 Å². The average Bonchev–Trinajstić information content (AvgIpc) is 2.84. The van der Waals surface area contributed by atoms with Crippen LogP contribution in [-0.4, -0.2) is 28.4 Å². The van der Waals surface area contributed by atoms with Gasteiger partial charge in [0.25, 0.3) is 11.5 Å². The van der Waals surface area contributed by atoms with Gasteiger partial charge in [-0.15, -0.1) is 0 Å². The second kappa shape index (κ2) is 5.67. The van der Waals surface area contributed by atoms with Gasteiger partial charge < -0.3 is 9.88 Å². The number of pyridine rings is 1. The maximum absolute atomic E-state index is 12.3. The first-order chi connectivity index (χ1) is 8.74. The Labute approximate surface area is 106 Å². The van der Waals surface area contributed by atoms with Gasteiger partial charge in [-0.05, 0) is 18.6 Å². The molecule has 4 heteroatoms. The predicted molar refractivity (Wildman–Crippen MR) is 70.6 cm³/mol. The standard InChI is InChI=1S/C14H18N2O2/c1-2-3-6-11-7-5-10-16(11)14(18)12-8-4-9-15-13(12)17/h4-5,7-9,11H,2-3,6,10H2,1H3,(H,15,17). The van der Waals surface area contributed by atoms with Gasteiger partial charge in [-0.1, -0.05) is 31.9 Å². The number of nitrogens with one attached hydrogen (secondary N) is 1. The fourth-order valence-corrected chi connectivity index (χ4v) is 2.21. The molecular weight excluding hydrogens is 228 g/mol. The van der Waals surface area contributed by atoms with E-state index < -0.39 is 0 Å². The molecule has 1 unspecified atom stereocenters. The summed E-state index contributed by atoms with van der Waals surface area (Å²) in [5.74, 6) is -0.178. The zero-order valence-corrected chi connectivity index (χ0v) is 10.6. The lowest BCUT2D eigenvalue weighted by atomic mass is 10.1. The number of H-pyrrole nitrogens is 1. The van der Waals surface area contributed by atoms with Gasteiger partial charge in [0, 0.05) is 12.7 Å². The first-order valence-electron chi connectivity index (χ1n) is 6.39. The molecule has 18 heavy (non-hydrogen) atoms. The number of hydrogen-bond donors (Lipinski definition) is 1. The van der Waals surface area contributed by atoms with E-state index in [0.717, 1.165) is 19.3 Å². The van der Waals surface area contributed by atoms with E-state index in [1.807, 2.05) is 6.08 Å². The minimum Gasteiger partial charge on any atom is -0.328 e. The number of carbonyl (C=O) groups excluding carboxylic acids is 1. The smallest absolute Gasteiger partial charge is 0.260 e. The highest BCUT2D eigenvalue weighted by molar-refractivity contribution is 5.94. The van der Waals surface area contributed by atoms with E-state index in [0.29, 0.717) is 6.54 Å². The van der Waals surface area contributed by atoms with E-state index in [2.05, 4.69) is 18.0 Å². The highest BCUT2D eigenvalue weighted by Gasteiger charge is 2.26. The molecule has 0 spiro atoms. The van der Waals surface area contributed by atoms with Crippen LogP contribution in [0.4, 0.5) is 0 Å². The van der Waals surface area contributed by atoms with Crippen LogP contribution in [0.5, 0.6) is 0 Å². The SMILES string of the molecule is CCCCC1C=CCN1C(=O)c1ccc[nH]c1=O. The topological polar surface area (TPSA) is 53.2 Å². The number of aromatic nitrogens is 1. The molecule has 4 nitrogen and oxygen atoms in total. The Bertz CT molecular complexity index is 505. The molecular formula is C14H18N2O2. The predicted octanol–water partition coefficient (Wildman–Crippen LogP) is 1.95. The summed E-state index contributed by atoms with van der Waals surface area (Å²) in [7, 11) is 0. The fourth-order valence-electron chi connectivity index (χ4n) is 2.21. The van der Waals surface area contributed by atoms with Gasteiger partial charge in [-0.2, -0.15) is 0 Å². The summed E-state index contributed by atoms with van der Waals surface area (Å²) < 4.78 is 0. The fraction of sp³-hybridized carbons (Fsp3) is 0.429. The van der Waals surface area contributed by atoms with Crippen LogP contribution in [0.2, 0.25) is 0 Å². The van der Waals surface area contributed by atoms with Crippen molar-refractivity contribution in [2.75, 3.05) is 6.54 Å². The Morgan fingerprint density at radius 3 is 3.11 bits per heavy atom. The zero-order valence-electron chi connectivity index (χ0n) is 10.6. The summed E-state index contributed by atoms with van der Waals surface area (Å²) in [6, 6.07) is 3.40. The lowest BCUT2D eigenvalue weighted by molar-refractivity contribution is 0.0741. The van der Waals surface area contributed by atoms with Crippen LogP contribution in [0.25, 0.3) is 0 Å². The van der Waals surface area contributed by atoms with E-state index in [-0.39, 0.29) is 23.1 Å². The van der Waals surface area contributed by atoms with Gasteiger partial charge in [-0.25, -0.2) is 0 Å². The Kier molecular flexibility index (Phi) is 3.97. The minimum absolute atomic E-state index is 0.136. The van der Waals surface area contributed by atoms with Crippen molar-refractivity contribution in [3.05, 3.63) is 46.4 Å². The Hall–Kier alpha value is -1.84. The van der Waals surface area contributed by atoms with Crippen LogP contribution in [0, 0.1) is 0 Å². The van der Waals surface area contributed by atoms with E-state index >= 15 is 0 Å². The monoisotopic (exact) mass is 246 g/mol. The summed E-state index contributed by atoms with van der Waals surface area (Å²) >= 11 is 0.